The SMILES string of the molecule is Fc1ccccc1CSc1n[nH]c(CCl)n1. The zero-order valence-electron chi connectivity index (χ0n) is 8.28. The van der Waals surface area contributed by atoms with E-state index in [0.717, 1.165) is 0 Å². The molecule has 0 fully saturated rings. The predicted molar refractivity (Wildman–Crippen MR) is 61.9 cm³/mol. The third-order valence-corrected chi connectivity index (χ3v) is 3.10. The number of thioether (sulfide) groups is 1. The number of aromatic nitrogens is 3. The topological polar surface area (TPSA) is 41.6 Å². The van der Waals surface area contributed by atoms with Crippen molar-refractivity contribution < 1.29 is 4.39 Å². The molecular weight excluding hydrogens is 249 g/mol. The number of aromatic amines is 1. The van der Waals surface area contributed by atoms with E-state index in [-0.39, 0.29) is 5.82 Å². The van der Waals surface area contributed by atoms with Gasteiger partial charge in [-0.3, -0.25) is 5.10 Å². The van der Waals surface area contributed by atoms with Crippen molar-refractivity contribution in [2.75, 3.05) is 0 Å². The highest BCUT2D eigenvalue weighted by atomic mass is 35.5. The number of nitrogens with one attached hydrogen (secondary N) is 1. The Bertz CT molecular complexity index is 475. The molecule has 0 saturated carbocycles. The molecule has 0 radical (unpaired) electrons. The maximum Gasteiger partial charge on any atom is 0.208 e. The first-order chi connectivity index (χ1) is 7.79. The summed E-state index contributed by atoms with van der Waals surface area (Å²) in [5, 5.41) is 7.23. The average molecular weight is 258 g/mol. The smallest absolute Gasteiger partial charge is 0.208 e. The van der Waals surface area contributed by atoms with E-state index in [0.29, 0.717) is 28.2 Å². The van der Waals surface area contributed by atoms with Crippen molar-refractivity contribution in [1.29, 1.82) is 0 Å². The lowest BCUT2D eigenvalue weighted by Gasteiger charge is -1.99. The van der Waals surface area contributed by atoms with Crippen LogP contribution >= 0.6 is 23.4 Å². The van der Waals surface area contributed by atoms with Crippen LogP contribution in [0.4, 0.5) is 4.39 Å². The fourth-order valence-corrected chi connectivity index (χ4v) is 2.08. The van der Waals surface area contributed by atoms with Crippen molar-refractivity contribution in [2.45, 2.75) is 16.8 Å². The lowest BCUT2D eigenvalue weighted by atomic mass is 10.2. The second-order valence-electron chi connectivity index (χ2n) is 3.08. The van der Waals surface area contributed by atoms with Gasteiger partial charge in [0.2, 0.25) is 5.16 Å². The number of benzene rings is 1. The Labute approximate surface area is 101 Å². The minimum Gasteiger partial charge on any atom is -0.261 e. The second kappa shape index (κ2) is 5.32. The van der Waals surface area contributed by atoms with Gasteiger partial charge in [-0.05, 0) is 11.6 Å². The molecule has 6 heteroatoms. The van der Waals surface area contributed by atoms with Gasteiger partial charge in [0.25, 0.3) is 0 Å². The molecule has 0 amide bonds. The van der Waals surface area contributed by atoms with Gasteiger partial charge in [0, 0.05) is 5.75 Å². The molecule has 1 heterocycles. The van der Waals surface area contributed by atoms with Crippen LogP contribution in [0.15, 0.2) is 29.4 Å². The third-order valence-electron chi connectivity index (χ3n) is 1.95. The maximum absolute atomic E-state index is 13.3. The number of alkyl halides is 1. The van der Waals surface area contributed by atoms with Crippen molar-refractivity contribution >= 4 is 23.4 Å². The normalized spacial score (nSPS) is 10.6. The number of nitrogens with zero attached hydrogens (tertiary/aromatic N) is 2. The molecule has 16 heavy (non-hydrogen) atoms. The molecule has 0 aliphatic rings. The monoisotopic (exact) mass is 257 g/mol. The Balaban J connectivity index is 1.99. The highest BCUT2D eigenvalue weighted by molar-refractivity contribution is 7.98. The number of rotatable bonds is 4. The molecule has 0 atom stereocenters. The molecule has 3 nitrogen and oxygen atoms in total. The van der Waals surface area contributed by atoms with E-state index in [1.807, 2.05) is 0 Å². The summed E-state index contributed by atoms with van der Waals surface area (Å²) < 4.78 is 13.3. The Hall–Kier alpha value is -1.07. The van der Waals surface area contributed by atoms with Crippen LogP contribution in [0, 0.1) is 5.82 Å². The summed E-state index contributed by atoms with van der Waals surface area (Å²) in [6.07, 6.45) is 0. The van der Waals surface area contributed by atoms with Gasteiger partial charge in [0.15, 0.2) is 0 Å². The molecule has 2 aromatic rings. The number of hydrogen-bond acceptors (Lipinski definition) is 3. The zero-order chi connectivity index (χ0) is 11.4. The summed E-state index contributed by atoms with van der Waals surface area (Å²) in [5.41, 5.74) is 0.643. The Kier molecular flexibility index (Phi) is 3.79. The highest BCUT2D eigenvalue weighted by Crippen LogP contribution is 2.20. The van der Waals surface area contributed by atoms with Gasteiger partial charge in [-0.2, -0.15) is 0 Å². The molecule has 1 aromatic heterocycles. The van der Waals surface area contributed by atoms with Gasteiger partial charge in [0.1, 0.15) is 11.6 Å². The maximum atomic E-state index is 13.3. The molecule has 1 N–H and O–H groups in total. The quantitative estimate of drug-likeness (QED) is 0.676. The second-order valence-corrected chi connectivity index (χ2v) is 4.29. The van der Waals surface area contributed by atoms with Crippen LogP contribution in [0.5, 0.6) is 0 Å². The van der Waals surface area contributed by atoms with Crippen LogP contribution in [0.25, 0.3) is 0 Å². The standard InChI is InChI=1S/C10H9ClFN3S/c11-5-9-13-10(15-14-9)16-6-7-3-1-2-4-8(7)12/h1-4H,5-6H2,(H,13,14,15). The fraction of sp³-hybridized carbons (Fsp3) is 0.200. The van der Waals surface area contributed by atoms with Crippen molar-refractivity contribution in [2.24, 2.45) is 0 Å². The molecular formula is C10H9ClFN3S. The van der Waals surface area contributed by atoms with Gasteiger partial charge < -0.3 is 0 Å². The molecule has 2 rings (SSSR count). The summed E-state index contributed by atoms with van der Waals surface area (Å²) in [6.45, 7) is 0. The van der Waals surface area contributed by atoms with Crippen molar-refractivity contribution in [3.8, 4) is 0 Å². The highest BCUT2D eigenvalue weighted by Gasteiger charge is 2.05. The summed E-state index contributed by atoms with van der Waals surface area (Å²) in [7, 11) is 0. The van der Waals surface area contributed by atoms with Crippen LogP contribution in [0.1, 0.15) is 11.4 Å². The lowest BCUT2D eigenvalue weighted by molar-refractivity contribution is 0.617. The Morgan fingerprint density at radius 3 is 2.88 bits per heavy atom. The summed E-state index contributed by atoms with van der Waals surface area (Å²) in [4.78, 5) is 4.12. The molecule has 0 unspecified atom stereocenters. The van der Waals surface area contributed by atoms with Crippen LogP contribution in [-0.2, 0) is 11.6 Å². The summed E-state index contributed by atoms with van der Waals surface area (Å²) in [6, 6.07) is 6.67. The number of halogens is 2. The Morgan fingerprint density at radius 1 is 1.38 bits per heavy atom. The summed E-state index contributed by atoms with van der Waals surface area (Å²) in [5.74, 6) is 1.22. The van der Waals surface area contributed by atoms with Crippen molar-refractivity contribution in [1.82, 2.24) is 15.2 Å². The van der Waals surface area contributed by atoms with Crippen LogP contribution in [0.3, 0.4) is 0 Å². The largest absolute Gasteiger partial charge is 0.261 e. The first-order valence-corrected chi connectivity index (χ1v) is 6.15. The predicted octanol–water partition coefficient (Wildman–Crippen LogP) is 2.97. The van der Waals surface area contributed by atoms with E-state index in [2.05, 4.69) is 15.2 Å². The first-order valence-electron chi connectivity index (χ1n) is 4.63. The van der Waals surface area contributed by atoms with Crippen LogP contribution in [-0.4, -0.2) is 15.2 Å². The average Bonchev–Trinajstić information content (AvgIpc) is 2.76. The molecule has 0 saturated heterocycles. The first kappa shape index (κ1) is 11.4. The van der Waals surface area contributed by atoms with E-state index in [1.54, 1.807) is 18.2 Å². The minimum absolute atomic E-state index is 0.205. The number of H-pyrrole nitrogens is 1. The Morgan fingerprint density at radius 2 is 2.19 bits per heavy atom. The molecule has 0 aliphatic heterocycles. The van der Waals surface area contributed by atoms with Crippen molar-refractivity contribution in [3.63, 3.8) is 0 Å². The van der Waals surface area contributed by atoms with E-state index >= 15 is 0 Å². The lowest BCUT2D eigenvalue weighted by Crippen LogP contribution is -1.87. The van der Waals surface area contributed by atoms with E-state index in [4.69, 9.17) is 11.6 Å². The van der Waals surface area contributed by atoms with E-state index in [9.17, 15) is 4.39 Å². The molecule has 0 spiro atoms. The van der Waals surface area contributed by atoms with Crippen molar-refractivity contribution in [3.05, 3.63) is 41.5 Å². The molecule has 0 bridgehead atoms. The van der Waals surface area contributed by atoms with Gasteiger partial charge >= 0.3 is 0 Å². The molecule has 1 aromatic carbocycles. The minimum atomic E-state index is -0.205. The van der Waals surface area contributed by atoms with E-state index in [1.165, 1.54) is 17.8 Å². The van der Waals surface area contributed by atoms with E-state index < -0.39 is 0 Å². The van der Waals surface area contributed by atoms with Crippen LogP contribution in [0.2, 0.25) is 0 Å². The zero-order valence-corrected chi connectivity index (χ0v) is 9.85. The van der Waals surface area contributed by atoms with Gasteiger partial charge in [0.05, 0.1) is 5.88 Å². The van der Waals surface area contributed by atoms with Gasteiger partial charge in [-0.25, -0.2) is 9.37 Å². The van der Waals surface area contributed by atoms with Crippen LogP contribution < -0.4 is 0 Å². The summed E-state index contributed by atoms with van der Waals surface area (Å²) >= 11 is 6.95. The fourth-order valence-electron chi connectivity index (χ4n) is 1.16. The van der Waals surface area contributed by atoms with Gasteiger partial charge in [-0.15, -0.1) is 16.7 Å². The molecule has 84 valence electrons. The third kappa shape index (κ3) is 2.74. The number of hydrogen-bond donors (Lipinski definition) is 1. The molecule has 0 aliphatic carbocycles. The van der Waals surface area contributed by atoms with Gasteiger partial charge in [-0.1, -0.05) is 30.0 Å².